The van der Waals surface area contributed by atoms with E-state index < -0.39 is 0 Å². The number of rotatable bonds is 21. The first kappa shape index (κ1) is 27.9. The zero-order valence-electron chi connectivity index (χ0n) is 19.6. The van der Waals surface area contributed by atoms with Crippen LogP contribution in [0.25, 0.3) is 0 Å². The average Bonchev–Trinajstić information content (AvgIpc) is 2.72. The third-order valence-electron chi connectivity index (χ3n) is 5.50. The Hall–Kier alpha value is -1.06. The van der Waals surface area contributed by atoms with E-state index in [2.05, 4.69) is 20.8 Å². The molecular formula is C25H48O4. The van der Waals surface area contributed by atoms with Crippen molar-refractivity contribution in [2.45, 2.75) is 130 Å². The summed E-state index contributed by atoms with van der Waals surface area (Å²) in [6.07, 6.45) is 19.1. The molecule has 0 heterocycles. The van der Waals surface area contributed by atoms with Gasteiger partial charge in [0.2, 0.25) is 0 Å². The Kier molecular flexibility index (Phi) is 20.9. The number of ether oxygens (including phenoxy) is 2. The summed E-state index contributed by atoms with van der Waals surface area (Å²) in [7, 11) is 0. The van der Waals surface area contributed by atoms with Crippen LogP contribution in [0.2, 0.25) is 0 Å². The second-order valence-corrected chi connectivity index (χ2v) is 8.51. The smallest absolute Gasteiger partial charge is 0.305 e. The van der Waals surface area contributed by atoms with E-state index in [4.69, 9.17) is 9.47 Å². The molecule has 0 aliphatic heterocycles. The molecule has 0 N–H and O–H groups in total. The fraction of sp³-hybridized carbons (Fsp3) is 0.920. The van der Waals surface area contributed by atoms with Gasteiger partial charge in [0.05, 0.1) is 13.2 Å². The van der Waals surface area contributed by atoms with Gasteiger partial charge >= 0.3 is 11.9 Å². The predicted molar refractivity (Wildman–Crippen MR) is 121 cm³/mol. The Bertz CT molecular complexity index is 381. The lowest BCUT2D eigenvalue weighted by molar-refractivity contribution is -0.146. The van der Waals surface area contributed by atoms with Crippen molar-refractivity contribution in [3.63, 3.8) is 0 Å². The minimum atomic E-state index is -0.213. The lowest BCUT2D eigenvalue weighted by Gasteiger charge is -2.09. The number of hydrogen-bond donors (Lipinski definition) is 0. The second-order valence-electron chi connectivity index (χ2n) is 8.51. The third-order valence-corrected chi connectivity index (χ3v) is 5.50. The minimum absolute atomic E-state index is 0.196. The van der Waals surface area contributed by atoms with Gasteiger partial charge in [0.1, 0.15) is 0 Å². The monoisotopic (exact) mass is 412 g/mol. The molecule has 0 amide bonds. The van der Waals surface area contributed by atoms with Gasteiger partial charge < -0.3 is 9.47 Å². The van der Waals surface area contributed by atoms with Crippen LogP contribution in [0.1, 0.15) is 130 Å². The molecule has 0 aromatic rings. The van der Waals surface area contributed by atoms with Crippen molar-refractivity contribution in [3.8, 4) is 0 Å². The number of carbonyl (C=O) groups is 2. The van der Waals surface area contributed by atoms with Crippen molar-refractivity contribution in [3.05, 3.63) is 0 Å². The molecule has 0 saturated heterocycles. The van der Waals surface area contributed by atoms with E-state index in [0.717, 1.165) is 19.3 Å². The summed E-state index contributed by atoms with van der Waals surface area (Å²) in [5.74, 6) is -0.0162. The Balaban J connectivity index is 3.28. The first-order valence-electron chi connectivity index (χ1n) is 12.4. The Labute approximate surface area is 180 Å². The van der Waals surface area contributed by atoms with Gasteiger partial charge in [-0.1, -0.05) is 104 Å². The third kappa shape index (κ3) is 21.5. The highest BCUT2D eigenvalue weighted by Crippen LogP contribution is 2.12. The number of esters is 2. The van der Waals surface area contributed by atoms with Gasteiger partial charge in [-0.25, -0.2) is 0 Å². The molecule has 0 bridgehead atoms. The topological polar surface area (TPSA) is 52.6 Å². The van der Waals surface area contributed by atoms with Crippen molar-refractivity contribution >= 4 is 11.9 Å². The van der Waals surface area contributed by atoms with Gasteiger partial charge in [0.25, 0.3) is 0 Å². The summed E-state index contributed by atoms with van der Waals surface area (Å²) < 4.78 is 10.4. The highest BCUT2D eigenvalue weighted by atomic mass is 16.5. The molecule has 0 saturated carbocycles. The van der Waals surface area contributed by atoms with E-state index in [9.17, 15) is 9.59 Å². The van der Waals surface area contributed by atoms with Crippen LogP contribution in [-0.2, 0) is 19.1 Å². The summed E-state index contributed by atoms with van der Waals surface area (Å²) in [6, 6.07) is 0. The molecule has 0 aromatic carbocycles. The molecule has 0 radical (unpaired) electrons. The largest absolute Gasteiger partial charge is 0.466 e. The molecule has 29 heavy (non-hydrogen) atoms. The van der Waals surface area contributed by atoms with Crippen LogP contribution >= 0.6 is 0 Å². The average molecular weight is 413 g/mol. The maximum Gasteiger partial charge on any atom is 0.305 e. The molecule has 0 fully saturated rings. The maximum absolute atomic E-state index is 11.7. The van der Waals surface area contributed by atoms with Gasteiger partial charge in [0.15, 0.2) is 0 Å². The summed E-state index contributed by atoms with van der Waals surface area (Å²) >= 11 is 0. The SMILES string of the molecule is CCCCCCCCCCCCCCCOC(=O)CCCC(=O)OCC(C)CC. The summed E-state index contributed by atoms with van der Waals surface area (Å²) in [5.41, 5.74) is 0. The number of hydrogen-bond acceptors (Lipinski definition) is 4. The summed E-state index contributed by atoms with van der Waals surface area (Å²) in [6.45, 7) is 7.38. The molecule has 172 valence electrons. The Morgan fingerprint density at radius 1 is 0.621 bits per heavy atom. The van der Waals surface area contributed by atoms with Crippen molar-refractivity contribution in [1.29, 1.82) is 0 Å². The van der Waals surface area contributed by atoms with E-state index >= 15 is 0 Å². The molecule has 0 aromatic heterocycles. The zero-order chi connectivity index (χ0) is 21.6. The van der Waals surface area contributed by atoms with Gasteiger partial charge in [-0.15, -0.1) is 0 Å². The van der Waals surface area contributed by atoms with Gasteiger partial charge in [0, 0.05) is 12.8 Å². The molecule has 0 aliphatic rings. The molecule has 0 rings (SSSR count). The van der Waals surface area contributed by atoms with Crippen molar-refractivity contribution in [2.75, 3.05) is 13.2 Å². The normalized spacial score (nSPS) is 12.0. The second kappa shape index (κ2) is 21.6. The van der Waals surface area contributed by atoms with E-state index in [1.54, 1.807) is 0 Å². The van der Waals surface area contributed by atoms with E-state index in [1.807, 2.05) is 0 Å². The first-order valence-corrected chi connectivity index (χ1v) is 12.4. The molecular weight excluding hydrogens is 364 g/mol. The van der Waals surface area contributed by atoms with E-state index in [0.29, 0.717) is 38.4 Å². The van der Waals surface area contributed by atoms with Gasteiger partial charge in [-0.2, -0.15) is 0 Å². The van der Waals surface area contributed by atoms with Crippen molar-refractivity contribution < 1.29 is 19.1 Å². The summed E-state index contributed by atoms with van der Waals surface area (Å²) in [5, 5.41) is 0. The van der Waals surface area contributed by atoms with Crippen LogP contribution in [0, 0.1) is 5.92 Å². The Morgan fingerprint density at radius 3 is 1.55 bits per heavy atom. The number of unbranched alkanes of at least 4 members (excludes halogenated alkanes) is 12. The highest BCUT2D eigenvalue weighted by Gasteiger charge is 2.08. The fourth-order valence-electron chi connectivity index (χ4n) is 3.18. The van der Waals surface area contributed by atoms with Crippen LogP contribution in [-0.4, -0.2) is 25.2 Å². The molecule has 4 heteroatoms. The molecule has 0 spiro atoms. The van der Waals surface area contributed by atoms with Crippen molar-refractivity contribution in [2.24, 2.45) is 5.92 Å². The number of carbonyl (C=O) groups excluding carboxylic acids is 2. The minimum Gasteiger partial charge on any atom is -0.466 e. The molecule has 1 atom stereocenters. The van der Waals surface area contributed by atoms with Crippen LogP contribution < -0.4 is 0 Å². The van der Waals surface area contributed by atoms with Crippen LogP contribution in [0.15, 0.2) is 0 Å². The Morgan fingerprint density at radius 2 is 1.07 bits per heavy atom. The summed E-state index contributed by atoms with van der Waals surface area (Å²) in [4.78, 5) is 23.2. The van der Waals surface area contributed by atoms with Crippen LogP contribution in [0.4, 0.5) is 0 Å². The van der Waals surface area contributed by atoms with Gasteiger partial charge in [-0.3, -0.25) is 9.59 Å². The van der Waals surface area contributed by atoms with Crippen LogP contribution in [0.3, 0.4) is 0 Å². The predicted octanol–water partition coefficient (Wildman–Crippen LogP) is 7.38. The molecule has 1 unspecified atom stereocenters. The van der Waals surface area contributed by atoms with Gasteiger partial charge in [-0.05, 0) is 18.8 Å². The van der Waals surface area contributed by atoms with Crippen molar-refractivity contribution in [1.82, 2.24) is 0 Å². The standard InChI is InChI=1S/C25H48O4/c1-4-6-7-8-9-10-11-12-13-14-15-16-17-21-28-24(26)19-18-20-25(27)29-22-23(3)5-2/h23H,4-22H2,1-3H3. The highest BCUT2D eigenvalue weighted by molar-refractivity contribution is 5.72. The lowest BCUT2D eigenvalue weighted by atomic mass is 10.0. The van der Waals surface area contributed by atoms with E-state index in [-0.39, 0.29) is 11.9 Å². The zero-order valence-corrected chi connectivity index (χ0v) is 19.6. The molecule has 0 aliphatic carbocycles. The lowest BCUT2D eigenvalue weighted by Crippen LogP contribution is -2.12. The maximum atomic E-state index is 11.7. The van der Waals surface area contributed by atoms with E-state index in [1.165, 1.54) is 70.6 Å². The molecule has 4 nitrogen and oxygen atoms in total. The fourth-order valence-corrected chi connectivity index (χ4v) is 3.18. The quantitative estimate of drug-likeness (QED) is 0.146. The first-order chi connectivity index (χ1) is 14.1. The van der Waals surface area contributed by atoms with Crippen LogP contribution in [0.5, 0.6) is 0 Å².